The molecule has 1 fully saturated rings. The number of aromatic nitrogens is 1. The van der Waals surface area contributed by atoms with E-state index in [-0.39, 0.29) is 12.2 Å². The smallest absolute Gasteiger partial charge is 0.338 e. The topological polar surface area (TPSA) is 86.3 Å². The monoisotopic (exact) mass is 599 g/mol. The van der Waals surface area contributed by atoms with E-state index in [0.717, 1.165) is 60.5 Å². The highest BCUT2D eigenvalue weighted by Gasteiger charge is 2.37. The van der Waals surface area contributed by atoms with Gasteiger partial charge in [-0.05, 0) is 55.0 Å². The Labute approximate surface area is 254 Å². The zero-order chi connectivity index (χ0) is 30.1. The second-order valence-corrected chi connectivity index (χ2v) is 12.2. The van der Waals surface area contributed by atoms with Crippen molar-refractivity contribution in [3.63, 3.8) is 0 Å². The molecule has 6 rings (SSSR count). The molecule has 0 N–H and O–H groups in total. The van der Waals surface area contributed by atoms with E-state index in [2.05, 4.69) is 11.8 Å². The standard InChI is InChI=1S/C34H37N3O5S/c1-5-9-25-30(33(39)41-6-2)31(29-24-11-8-7-10-22(24)12-14-26(29)40-4)37-32(38)27(43-34(37)35-25)20-23-13-15-28(42-23)36-18-16-21(3)17-19-36/h7-8,10-15,20-21,31H,5-6,9,16-19H2,1-4H3/b27-20+/t31-/m0/s1. The van der Waals surface area contributed by atoms with Crippen molar-refractivity contribution in [1.82, 2.24) is 4.57 Å². The Hall–Kier alpha value is -4.11. The number of nitrogens with zero attached hydrogens (tertiary/aromatic N) is 3. The van der Waals surface area contributed by atoms with E-state index in [1.807, 2.05) is 55.5 Å². The quantitative estimate of drug-likeness (QED) is 0.246. The third kappa shape index (κ3) is 5.42. The van der Waals surface area contributed by atoms with E-state index in [1.165, 1.54) is 11.3 Å². The van der Waals surface area contributed by atoms with Crippen molar-refractivity contribution >= 4 is 40.0 Å². The predicted molar refractivity (Wildman–Crippen MR) is 169 cm³/mol. The summed E-state index contributed by atoms with van der Waals surface area (Å²) < 4.78 is 19.8. The van der Waals surface area contributed by atoms with Gasteiger partial charge >= 0.3 is 5.97 Å². The highest BCUT2D eigenvalue weighted by molar-refractivity contribution is 7.07. The molecule has 9 heteroatoms. The summed E-state index contributed by atoms with van der Waals surface area (Å²) in [5.41, 5.74) is 1.50. The molecule has 0 amide bonds. The van der Waals surface area contributed by atoms with Crippen LogP contribution >= 0.6 is 11.3 Å². The highest BCUT2D eigenvalue weighted by atomic mass is 32.1. The molecule has 0 saturated carbocycles. The average molecular weight is 600 g/mol. The van der Waals surface area contributed by atoms with Gasteiger partial charge in [-0.15, -0.1) is 0 Å². The lowest BCUT2D eigenvalue weighted by atomic mass is 9.90. The number of piperidine rings is 1. The van der Waals surface area contributed by atoms with Gasteiger partial charge in [0.1, 0.15) is 17.6 Å². The molecule has 43 heavy (non-hydrogen) atoms. The SMILES string of the molecule is CCCC1=C(C(=O)OCC)[C@H](c2c(OC)ccc3ccccc23)n2c(s/c(=C/c3ccc(N4CCC(C)CC4)o3)c2=O)=N1. The van der Waals surface area contributed by atoms with Crippen LogP contribution in [0.5, 0.6) is 5.75 Å². The van der Waals surface area contributed by atoms with Crippen LogP contribution in [0.2, 0.25) is 0 Å². The molecule has 2 aliphatic rings. The lowest BCUT2D eigenvalue weighted by molar-refractivity contribution is -0.139. The number of methoxy groups -OCH3 is 1. The fourth-order valence-electron chi connectivity index (χ4n) is 6.08. The third-order valence-electron chi connectivity index (χ3n) is 8.30. The minimum atomic E-state index is -0.775. The Morgan fingerprint density at radius 3 is 2.65 bits per heavy atom. The maximum Gasteiger partial charge on any atom is 0.338 e. The van der Waals surface area contributed by atoms with Gasteiger partial charge in [0, 0.05) is 30.8 Å². The van der Waals surface area contributed by atoms with Crippen LogP contribution in [0, 0.1) is 5.92 Å². The fraction of sp³-hybridized carbons (Fsp3) is 0.382. The number of hydrogen-bond donors (Lipinski definition) is 0. The van der Waals surface area contributed by atoms with Gasteiger partial charge in [-0.25, -0.2) is 9.79 Å². The molecule has 4 heterocycles. The van der Waals surface area contributed by atoms with Crippen molar-refractivity contribution in [3.8, 4) is 5.75 Å². The van der Waals surface area contributed by atoms with Crippen molar-refractivity contribution in [3.05, 3.63) is 90.8 Å². The molecule has 0 radical (unpaired) electrons. The Bertz CT molecular complexity index is 1870. The number of ether oxygens (including phenoxy) is 2. The molecule has 0 bridgehead atoms. The molecule has 1 saturated heterocycles. The van der Waals surface area contributed by atoms with E-state index in [4.69, 9.17) is 18.9 Å². The third-order valence-corrected chi connectivity index (χ3v) is 9.28. The Morgan fingerprint density at radius 1 is 1.12 bits per heavy atom. The molecular weight excluding hydrogens is 562 g/mol. The molecular formula is C34H37N3O5S. The number of benzene rings is 2. The molecule has 4 aromatic rings. The number of esters is 1. The first-order valence-corrected chi connectivity index (χ1v) is 15.9. The summed E-state index contributed by atoms with van der Waals surface area (Å²) in [6.45, 7) is 8.24. The minimum absolute atomic E-state index is 0.211. The molecule has 0 spiro atoms. The number of allylic oxidation sites excluding steroid dienone is 1. The summed E-state index contributed by atoms with van der Waals surface area (Å²) in [6.07, 6.45) is 5.40. The van der Waals surface area contributed by atoms with Crippen LogP contribution in [0.25, 0.3) is 16.8 Å². The second kappa shape index (κ2) is 12.2. The van der Waals surface area contributed by atoms with Crippen LogP contribution in [0.1, 0.15) is 63.8 Å². The lowest BCUT2D eigenvalue weighted by Gasteiger charge is -2.29. The summed E-state index contributed by atoms with van der Waals surface area (Å²) >= 11 is 1.30. The predicted octanol–water partition coefficient (Wildman–Crippen LogP) is 5.57. The first-order valence-electron chi connectivity index (χ1n) is 15.1. The minimum Gasteiger partial charge on any atom is -0.496 e. The number of anilines is 1. The summed E-state index contributed by atoms with van der Waals surface area (Å²) in [5, 5.41) is 1.88. The number of carbonyl (C=O) groups is 1. The van der Waals surface area contributed by atoms with Gasteiger partial charge in [-0.2, -0.15) is 0 Å². The maximum atomic E-state index is 14.3. The molecule has 2 aromatic carbocycles. The molecule has 0 aliphatic carbocycles. The lowest BCUT2D eigenvalue weighted by Crippen LogP contribution is -2.40. The van der Waals surface area contributed by atoms with Gasteiger partial charge < -0.3 is 18.8 Å². The van der Waals surface area contributed by atoms with Gasteiger partial charge in [0.15, 0.2) is 10.7 Å². The van der Waals surface area contributed by atoms with Gasteiger partial charge in [-0.3, -0.25) is 9.36 Å². The zero-order valence-electron chi connectivity index (χ0n) is 25.1. The van der Waals surface area contributed by atoms with Crippen molar-refractivity contribution in [1.29, 1.82) is 0 Å². The van der Waals surface area contributed by atoms with E-state index >= 15 is 0 Å². The summed E-state index contributed by atoms with van der Waals surface area (Å²) in [5.74, 6) is 2.26. The van der Waals surface area contributed by atoms with E-state index in [1.54, 1.807) is 24.7 Å². The van der Waals surface area contributed by atoms with Crippen LogP contribution in [0.15, 0.2) is 74.0 Å². The van der Waals surface area contributed by atoms with E-state index in [9.17, 15) is 9.59 Å². The summed E-state index contributed by atoms with van der Waals surface area (Å²) in [6, 6.07) is 14.9. The van der Waals surface area contributed by atoms with E-state index < -0.39 is 12.0 Å². The maximum absolute atomic E-state index is 14.3. The van der Waals surface area contributed by atoms with Crippen molar-refractivity contribution in [2.45, 2.75) is 52.5 Å². The zero-order valence-corrected chi connectivity index (χ0v) is 25.9. The number of thiazole rings is 1. The van der Waals surface area contributed by atoms with Crippen molar-refractivity contribution in [2.75, 3.05) is 31.7 Å². The van der Waals surface area contributed by atoms with Gasteiger partial charge in [0.2, 0.25) is 0 Å². The van der Waals surface area contributed by atoms with Crippen molar-refractivity contribution < 1.29 is 18.7 Å². The normalized spacial score (nSPS) is 17.7. The van der Waals surface area contributed by atoms with Gasteiger partial charge in [0.05, 0.1) is 29.5 Å². The number of carbonyl (C=O) groups excluding carboxylic acids is 1. The van der Waals surface area contributed by atoms with Crippen LogP contribution in [0.3, 0.4) is 0 Å². The van der Waals surface area contributed by atoms with Crippen LogP contribution in [-0.4, -0.2) is 37.3 Å². The average Bonchev–Trinajstić information content (AvgIpc) is 3.60. The number of hydrogen-bond acceptors (Lipinski definition) is 8. The van der Waals surface area contributed by atoms with Crippen molar-refractivity contribution in [2.24, 2.45) is 10.9 Å². The molecule has 2 aromatic heterocycles. The first kappa shape index (κ1) is 29.0. The second-order valence-electron chi connectivity index (χ2n) is 11.2. The van der Waals surface area contributed by atoms with Gasteiger partial charge in [0.25, 0.3) is 5.56 Å². The Morgan fingerprint density at radius 2 is 1.91 bits per heavy atom. The Balaban J connectivity index is 1.55. The fourth-order valence-corrected chi connectivity index (χ4v) is 7.08. The molecule has 8 nitrogen and oxygen atoms in total. The molecule has 1 atom stereocenters. The van der Waals surface area contributed by atoms with Crippen LogP contribution in [0.4, 0.5) is 5.88 Å². The first-order chi connectivity index (χ1) is 20.9. The molecule has 224 valence electrons. The number of rotatable bonds is 8. The molecule has 2 aliphatic heterocycles. The van der Waals surface area contributed by atoms with Gasteiger partial charge in [-0.1, -0.05) is 61.9 Å². The molecule has 0 unspecified atom stereocenters. The highest BCUT2D eigenvalue weighted by Crippen LogP contribution is 2.41. The largest absolute Gasteiger partial charge is 0.496 e. The number of furan rings is 1. The van der Waals surface area contributed by atoms with Crippen LogP contribution < -0.4 is 24.5 Å². The summed E-state index contributed by atoms with van der Waals surface area (Å²) in [7, 11) is 1.61. The van der Waals surface area contributed by atoms with E-state index in [0.29, 0.717) is 38.5 Å². The number of fused-ring (bicyclic) bond motifs is 2. The summed E-state index contributed by atoms with van der Waals surface area (Å²) in [4.78, 5) is 35.7. The van der Waals surface area contributed by atoms with Crippen LogP contribution in [-0.2, 0) is 9.53 Å². The Kier molecular flexibility index (Phi) is 8.25.